The molecular weight excluding hydrogens is 168 g/mol. The highest BCUT2D eigenvalue weighted by Gasteiger charge is 1.93. The predicted molar refractivity (Wildman–Crippen MR) is 39.1 cm³/mol. The highest BCUT2D eigenvalue weighted by molar-refractivity contribution is 9.09. The van der Waals surface area contributed by atoms with E-state index in [1.54, 1.807) is 0 Å². The number of rotatable bonds is 4. The number of aliphatic hydroxyl groups is 1. The van der Waals surface area contributed by atoms with Crippen LogP contribution in [0.25, 0.3) is 0 Å². The first-order valence-electron chi connectivity index (χ1n) is 3.45. The molecule has 2 heteroatoms. The Balaban J connectivity index is 2.91. The molecule has 0 aromatic rings. The monoisotopic (exact) mass is 181 g/mol. The predicted octanol–water partition coefficient (Wildman–Crippen LogP) is 2.28. The van der Waals surface area contributed by atoms with E-state index >= 15 is 0 Å². The van der Waals surface area contributed by atoms with Crippen molar-refractivity contribution < 1.29 is 6.48 Å². The summed E-state index contributed by atoms with van der Waals surface area (Å²) < 4.78 is 7.13. The van der Waals surface area contributed by atoms with Gasteiger partial charge >= 0.3 is 0 Å². The summed E-state index contributed by atoms with van der Waals surface area (Å²) in [5, 5.41) is 8.34. The summed E-state index contributed by atoms with van der Waals surface area (Å²) in [7, 11) is 0. The smallest absolute Gasteiger partial charge is 0.109 e. The maximum atomic E-state index is 8.72. The lowest BCUT2D eigenvalue weighted by atomic mass is 10.2. The van der Waals surface area contributed by atoms with Gasteiger partial charge in [0, 0.05) is 1.37 Å². The molecule has 0 rings (SSSR count). The molecule has 0 aromatic carbocycles. The Morgan fingerprint density at radius 3 is 2.75 bits per heavy atom. The Bertz CT molecular complexity index is 58.1. The second-order valence-corrected chi connectivity index (χ2v) is 2.83. The van der Waals surface area contributed by atoms with Gasteiger partial charge in [0.25, 0.3) is 0 Å². The Hall–Kier alpha value is 0.440. The minimum atomic E-state index is -0.378. The van der Waals surface area contributed by atoms with Gasteiger partial charge in [0.1, 0.15) is 5.01 Å². The SMILES string of the molecule is [2H]C(C)CCCC(O)Br. The standard InChI is InChI=1S/C6H13BrO/c1-2-3-4-5-6(7)8/h6,8H,2-5H2,1H3/i2D. The van der Waals surface area contributed by atoms with E-state index in [-0.39, 0.29) is 11.4 Å². The third kappa shape index (κ3) is 6.44. The van der Waals surface area contributed by atoms with Crippen molar-refractivity contribution in [3.63, 3.8) is 0 Å². The minimum Gasteiger partial charge on any atom is -0.382 e. The Kier molecular flexibility index (Phi) is 4.57. The van der Waals surface area contributed by atoms with E-state index in [0.29, 0.717) is 0 Å². The molecule has 0 aliphatic heterocycles. The third-order valence-electron chi connectivity index (χ3n) is 0.935. The fourth-order valence-corrected chi connectivity index (χ4v) is 0.814. The zero-order valence-electron chi connectivity index (χ0n) is 6.10. The second kappa shape index (κ2) is 5.57. The lowest BCUT2D eigenvalue weighted by Gasteiger charge is -1.98. The van der Waals surface area contributed by atoms with Gasteiger partial charge in [-0.15, -0.1) is 0 Å². The Morgan fingerprint density at radius 2 is 2.38 bits per heavy atom. The first-order valence-corrected chi connectivity index (χ1v) is 3.79. The summed E-state index contributed by atoms with van der Waals surface area (Å²) >= 11 is 3.02. The van der Waals surface area contributed by atoms with Crippen LogP contribution in [0.5, 0.6) is 0 Å². The molecule has 0 saturated carbocycles. The normalized spacial score (nSPS) is 19.6. The average Bonchev–Trinajstić information content (AvgIpc) is 1.63. The van der Waals surface area contributed by atoms with Crippen molar-refractivity contribution in [2.45, 2.75) is 37.6 Å². The van der Waals surface area contributed by atoms with Crippen LogP contribution in [0.3, 0.4) is 0 Å². The summed E-state index contributed by atoms with van der Waals surface area (Å²) in [6.45, 7) is 1.86. The van der Waals surface area contributed by atoms with Crippen LogP contribution < -0.4 is 0 Å². The van der Waals surface area contributed by atoms with Crippen LogP contribution in [0.2, 0.25) is 0 Å². The molecule has 0 aromatic heterocycles. The van der Waals surface area contributed by atoms with Gasteiger partial charge in [0.2, 0.25) is 0 Å². The van der Waals surface area contributed by atoms with Gasteiger partial charge in [-0.1, -0.05) is 42.1 Å². The van der Waals surface area contributed by atoms with Gasteiger partial charge in [-0.25, -0.2) is 0 Å². The molecule has 0 aliphatic rings. The fourth-order valence-electron chi connectivity index (χ4n) is 0.490. The first kappa shape index (κ1) is 6.56. The van der Waals surface area contributed by atoms with Crippen LogP contribution >= 0.6 is 15.9 Å². The van der Waals surface area contributed by atoms with Crippen molar-refractivity contribution in [1.29, 1.82) is 0 Å². The minimum absolute atomic E-state index is 0.0104. The maximum Gasteiger partial charge on any atom is 0.109 e. The van der Waals surface area contributed by atoms with Gasteiger partial charge in [0.15, 0.2) is 0 Å². The highest BCUT2D eigenvalue weighted by Crippen LogP contribution is 2.06. The highest BCUT2D eigenvalue weighted by atomic mass is 79.9. The molecule has 0 aliphatic carbocycles. The average molecular weight is 182 g/mol. The lowest BCUT2D eigenvalue weighted by Crippen LogP contribution is -1.92. The van der Waals surface area contributed by atoms with Crippen molar-refractivity contribution in [2.24, 2.45) is 0 Å². The summed E-state index contributed by atoms with van der Waals surface area (Å²) in [5.74, 6) is 0. The molecule has 0 fully saturated rings. The van der Waals surface area contributed by atoms with Crippen molar-refractivity contribution in [2.75, 3.05) is 0 Å². The zero-order valence-corrected chi connectivity index (χ0v) is 6.69. The van der Waals surface area contributed by atoms with Crippen molar-refractivity contribution in [1.82, 2.24) is 0 Å². The summed E-state index contributed by atoms with van der Waals surface area (Å²) in [6, 6.07) is 0. The van der Waals surface area contributed by atoms with Crippen LogP contribution in [0, 0.1) is 0 Å². The summed E-state index contributed by atoms with van der Waals surface area (Å²) in [5.41, 5.74) is 0. The van der Waals surface area contributed by atoms with E-state index in [1.165, 1.54) is 0 Å². The third-order valence-corrected chi connectivity index (χ3v) is 1.39. The fraction of sp³-hybridized carbons (Fsp3) is 1.00. The van der Waals surface area contributed by atoms with Crippen LogP contribution in [0.1, 0.15) is 34.0 Å². The van der Waals surface area contributed by atoms with Crippen LogP contribution in [-0.2, 0) is 0 Å². The number of halogens is 1. The van der Waals surface area contributed by atoms with Crippen molar-refractivity contribution >= 4 is 15.9 Å². The van der Waals surface area contributed by atoms with E-state index < -0.39 is 0 Å². The Labute approximate surface area is 60.6 Å². The quantitative estimate of drug-likeness (QED) is 0.661. The molecule has 0 heterocycles. The van der Waals surface area contributed by atoms with Gasteiger partial charge in [-0.3, -0.25) is 0 Å². The summed E-state index contributed by atoms with van der Waals surface area (Å²) in [6.07, 6.45) is 2.57. The topological polar surface area (TPSA) is 20.2 Å². The number of hydrogen-bond donors (Lipinski definition) is 1. The molecular formula is C6H13BrO. The lowest BCUT2D eigenvalue weighted by molar-refractivity contribution is 0.254. The first-order chi connectivity index (χ1) is 4.13. The largest absolute Gasteiger partial charge is 0.382 e. The molecule has 0 spiro atoms. The molecule has 50 valence electrons. The Morgan fingerprint density at radius 1 is 1.75 bits per heavy atom. The van der Waals surface area contributed by atoms with E-state index in [4.69, 9.17) is 6.48 Å². The van der Waals surface area contributed by atoms with Gasteiger partial charge in [-0.2, -0.15) is 0 Å². The molecule has 2 atom stereocenters. The van der Waals surface area contributed by atoms with Crippen LogP contribution in [-0.4, -0.2) is 10.1 Å². The van der Waals surface area contributed by atoms with Crippen molar-refractivity contribution in [3.8, 4) is 0 Å². The van der Waals surface area contributed by atoms with E-state index in [2.05, 4.69) is 15.9 Å². The molecule has 8 heavy (non-hydrogen) atoms. The molecule has 1 nitrogen and oxygen atoms in total. The van der Waals surface area contributed by atoms with Gasteiger partial charge in [0.05, 0.1) is 0 Å². The second-order valence-electron chi connectivity index (χ2n) is 1.77. The number of aliphatic hydroxyl groups excluding tert-OH is 1. The molecule has 0 bridgehead atoms. The number of hydrogen-bond acceptors (Lipinski definition) is 1. The van der Waals surface area contributed by atoms with E-state index in [1.807, 2.05) is 6.92 Å². The van der Waals surface area contributed by atoms with Crippen LogP contribution in [0.15, 0.2) is 0 Å². The van der Waals surface area contributed by atoms with E-state index in [9.17, 15) is 0 Å². The van der Waals surface area contributed by atoms with Gasteiger partial charge < -0.3 is 5.11 Å². The van der Waals surface area contributed by atoms with Crippen LogP contribution in [0.4, 0.5) is 0 Å². The number of alkyl halides is 1. The van der Waals surface area contributed by atoms with E-state index in [0.717, 1.165) is 19.3 Å². The summed E-state index contributed by atoms with van der Waals surface area (Å²) in [4.78, 5) is 0. The maximum absolute atomic E-state index is 8.72. The zero-order chi connectivity index (χ0) is 7.28. The molecule has 0 radical (unpaired) electrons. The molecule has 2 unspecified atom stereocenters. The molecule has 1 N–H and O–H groups in total. The molecule has 0 amide bonds. The van der Waals surface area contributed by atoms with Gasteiger partial charge in [-0.05, 0) is 6.42 Å². The molecule has 0 saturated heterocycles. The van der Waals surface area contributed by atoms with Crippen molar-refractivity contribution in [3.05, 3.63) is 0 Å².